The monoisotopic (exact) mass is 190 g/mol. The molecule has 1 heterocycles. The molecule has 0 atom stereocenters. The smallest absolute Gasteiger partial charge is 0.134 e. The Kier molecular flexibility index (Phi) is 2.84. The van der Waals surface area contributed by atoms with E-state index in [1.807, 2.05) is 30.3 Å². The quantitative estimate of drug-likeness (QED) is 0.690. The molecule has 0 N–H and O–H groups in total. The lowest BCUT2D eigenvalue weighted by Gasteiger charge is -1.97. The van der Waals surface area contributed by atoms with Crippen molar-refractivity contribution in [3.63, 3.8) is 0 Å². The summed E-state index contributed by atoms with van der Waals surface area (Å²) in [6.07, 6.45) is 1.04. The molecule has 0 amide bonds. The van der Waals surface area contributed by atoms with E-state index in [1.165, 1.54) is 0 Å². The average Bonchev–Trinajstić information content (AvgIpc) is 2.60. The number of hydrogen-bond acceptors (Lipinski definition) is 2. The highest BCUT2D eigenvalue weighted by molar-refractivity contribution is 5.77. The maximum absolute atomic E-state index is 5.59. The molecule has 0 radical (unpaired) electrons. The first-order valence-corrected chi connectivity index (χ1v) is 4.95. The first-order valence-electron chi connectivity index (χ1n) is 4.95. The Morgan fingerprint density at radius 3 is 2.93 bits per heavy atom. The lowest BCUT2D eigenvalue weighted by molar-refractivity contribution is 0.108. The van der Waals surface area contributed by atoms with Gasteiger partial charge in [0, 0.05) is 12.0 Å². The Morgan fingerprint density at radius 2 is 2.14 bits per heavy atom. The van der Waals surface area contributed by atoms with Crippen LogP contribution in [0.4, 0.5) is 0 Å². The zero-order valence-electron chi connectivity index (χ0n) is 8.32. The van der Waals surface area contributed by atoms with Crippen LogP contribution in [0.5, 0.6) is 0 Å². The molecule has 0 fully saturated rings. The van der Waals surface area contributed by atoms with Crippen molar-refractivity contribution in [1.82, 2.24) is 0 Å². The molecule has 0 bridgehead atoms. The zero-order chi connectivity index (χ0) is 9.80. The van der Waals surface area contributed by atoms with Gasteiger partial charge in [-0.05, 0) is 18.6 Å². The van der Waals surface area contributed by atoms with Crippen molar-refractivity contribution in [1.29, 1.82) is 0 Å². The fourth-order valence-corrected chi connectivity index (χ4v) is 1.43. The third-order valence-electron chi connectivity index (χ3n) is 2.07. The average molecular weight is 190 g/mol. The van der Waals surface area contributed by atoms with Gasteiger partial charge < -0.3 is 9.15 Å². The van der Waals surface area contributed by atoms with Crippen LogP contribution in [0.2, 0.25) is 0 Å². The maximum atomic E-state index is 5.59. The molecule has 0 aliphatic heterocycles. The van der Waals surface area contributed by atoms with E-state index in [9.17, 15) is 0 Å². The first kappa shape index (κ1) is 9.28. The second-order valence-corrected chi connectivity index (χ2v) is 3.30. The van der Waals surface area contributed by atoms with Crippen molar-refractivity contribution in [2.24, 2.45) is 0 Å². The summed E-state index contributed by atoms with van der Waals surface area (Å²) in [5.74, 6) is 0.902. The minimum absolute atomic E-state index is 0.572. The Labute approximate surface area is 83.5 Å². The minimum Gasteiger partial charge on any atom is -0.459 e. The molecule has 0 aliphatic carbocycles. The molecule has 2 heteroatoms. The summed E-state index contributed by atoms with van der Waals surface area (Å²) in [6, 6.07) is 10.0. The van der Waals surface area contributed by atoms with E-state index < -0.39 is 0 Å². The predicted molar refractivity (Wildman–Crippen MR) is 56.2 cm³/mol. The normalized spacial score (nSPS) is 10.9. The third kappa shape index (κ3) is 1.96. The van der Waals surface area contributed by atoms with Gasteiger partial charge in [-0.2, -0.15) is 0 Å². The molecular formula is C12H14O2. The fraction of sp³-hybridized carbons (Fsp3) is 0.333. The van der Waals surface area contributed by atoms with Crippen molar-refractivity contribution in [2.75, 3.05) is 6.61 Å². The first-order chi connectivity index (χ1) is 6.90. The highest BCUT2D eigenvalue weighted by Crippen LogP contribution is 2.19. The predicted octanol–water partition coefficient (Wildman–Crippen LogP) is 3.36. The van der Waals surface area contributed by atoms with Crippen LogP contribution in [-0.2, 0) is 11.3 Å². The van der Waals surface area contributed by atoms with E-state index in [2.05, 4.69) is 6.92 Å². The lowest BCUT2D eigenvalue weighted by atomic mass is 10.2. The number of fused-ring (bicyclic) bond motifs is 1. The van der Waals surface area contributed by atoms with Crippen molar-refractivity contribution in [2.45, 2.75) is 20.0 Å². The van der Waals surface area contributed by atoms with Gasteiger partial charge >= 0.3 is 0 Å². The van der Waals surface area contributed by atoms with E-state index in [0.29, 0.717) is 6.61 Å². The molecule has 2 rings (SSSR count). The fourth-order valence-electron chi connectivity index (χ4n) is 1.43. The van der Waals surface area contributed by atoms with Crippen LogP contribution in [0.25, 0.3) is 11.0 Å². The van der Waals surface area contributed by atoms with Crippen molar-refractivity contribution in [3.05, 3.63) is 36.1 Å². The van der Waals surface area contributed by atoms with Gasteiger partial charge in [-0.25, -0.2) is 0 Å². The summed E-state index contributed by atoms with van der Waals surface area (Å²) in [5.41, 5.74) is 0.933. The van der Waals surface area contributed by atoms with Crippen molar-refractivity contribution >= 4 is 11.0 Å². The molecule has 0 aliphatic rings. The zero-order valence-corrected chi connectivity index (χ0v) is 8.32. The SMILES string of the molecule is CCCOCc1cc2ccccc2o1. The summed E-state index contributed by atoms with van der Waals surface area (Å²) < 4.78 is 11.0. The summed E-state index contributed by atoms with van der Waals surface area (Å²) in [6.45, 7) is 3.46. The maximum Gasteiger partial charge on any atom is 0.134 e. The number of hydrogen-bond donors (Lipinski definition) is 0. The van der Waals surface area contributed by atoms with Gasteiger partial charge in [-0.3, -0.25) is 0 Å². The van der Waals surface area contributed by atoms with Gasteiger partial charge in [0.15, 0.2) is 0 Å². The van der Waals surface area contributed by atoms with Gasteiger partial charge in [-0.1, -0.05) is 25.1 Å². The molecule has 0 spiro atoms. The second kappa shape index (κ2) is 4.29. The van der Waals surface area contributed by atoms with Crippen LogP contribution in [-0.4, -0.2) is 6.61 Å². The number of rotatable bonds is 4. The van der Waals surface area contributed by atoms with Gasteiger partial charge in [0.25, 0.3) is 0 Å². The Hall–Kier alpha value is -1.28. The van der Waals surface area contributed by atoms with Gasteiger partial charge in [0.2, 0.25) is 0 Å². The lowest BCUT2D eigenvalue weighted by Crippen LogP contribution is -1.91. The van der Waals surface area contributed by atoms with E-state index in [0.717, 1.165) is 29.8 Å². The van der Waals surface area contributed by atoms with E-state index in [4.69, 9.17) is 9.15 Å². The number of ether oxygens (including phenoxy) is 1. The second-order valence-electron chi connectivity index (χ2n) is 3.30. The summed E-state index contributed by atoms with van der Waals surface area (Å²) >= 11 is 0. The van der Waals surface area contributed by atoms with Crippen LogP contribution in [0.3, 0.4) is 0 Å². The summed E-state index contributed by atoms with van der Waals surface area (Å²) in [4.78, 5) is 0. The summed E-state index contributed by atoms with van der Waals surface area (Å²) in [5, 5.41) is 1.14. The van der Waals surface area contributed by atoms with Crippen LogP contribution in [0.1, 0.15) is 19.1 Å². The Bertz CT molecular complexity index is 370. The number of furan rings is 1. The summed E-state index contributed by atoms with van der Waals surface area (Å²) in [7, 11) is 0. The molecule has 2 nitrogen and oxygen atoms in total. The van der Waals surface area contributed by atoms with Crippen LogP contribution >= 0.6 is 0 Å². The molecule has 1 aromatic carbocycles. The van der Waals surface area contributed by atoms with Gasteiger partial charge in [-0.15, -0.1) is 0 Å². The van der Waals surface area contributed by atoms with Gasteiger partial charge in [0.05, 0.1) is 0 Å². The van der Waals surface area contributed by atoms with E-state index in [1.54, 1.807) is 0 Å². The number of benzene rings is 1. The Morgan fingerprint density at radius 1 is 1.29 bits per heavy atom. The van der Waals surface area contributed by atoms with Gasteiger partial charge in [0.1, 0.15) is 18.0 Å². The van der Waals surface area contributed by atoms with Crippen LogP contribution < -0.4 is 0 Å². The molecule has 0 saturated heterocycles. The molecule has 74 valence electrons. The Balaban J connectivity index is 2.11. The van der Waals surface area contributed by atoms with Crippen LogP contribution in [0, 0.1) is 0 Å². The topological polar surface area (TPSA) is 22.4 Å². The van der Waals surface area contributed by atoms with Crippen molar-refractivity contribution in [3.8, 4) is 0 Å². The van der Waals surface area contributed by atoms with Crippen molar-refractivity contribution < 1.29 is 9.15 Å². The third-order valence-corrected chi connectivity index (χ3v) is 2.07. The van der Waals surface area contributed by atoms with E-state index in [-0.39, 0.29) is 0 Å². The molecule has 14 heavy (non-hydrogen) atoms. The molecule has 0 saturated carbocycles. The molecule has 2 aromatic rings. The van der Waals surface area contributed by atoms with Crippen LogP contribution in [0.15, 0.2) is 34.7 Å². The standard InChI is InChI=1S/C12H14O2/c1-2-7-13-9-11-8-10-5-3-4-6-12(10)14-11/h3-6,8H,2,7,9H2,1H3. The highest BCUT2D eigenvalue weighted by Gasteiger charge is 2.01. The van der Waals surface area contributed by atoms with E-state index >= 15 is 0 Å². The molecule has 0 unspecified atom stereocenters. The highest BCUT2D eigenvalue weighted by atomic mass is 16.5. The molecule has 1 aromatic heterocycles. The minimum atomic E-state index is 0.572. The largest absolute Gasteiger partial charge is 0.459 e. The molecular weight excluding hydrogens is 176 g/mol. The number of para-hydroxylation sites is 1.